The van der Waals surface area contributed by atoms with Crippen LogP contribution in [0.2, 0.25) is 0 Å². The van der Waals surface area contributed by atoms with Crippen molar-refractivity contribution in [2.45, 2.75) is 19.4 Å². The van der Waals surface area contributed by atoms with Gasteiger partial charge in [-0.15, -0.1) is 0 Å². The van der Waals surface area contributed by atoms with Gasteiger partial charge in [-0.25, -0.2) is 0 Å². The summed E-state index contributed by atoms with van der Waals surface area (Å²) in [4.78, 5) is 17.9. The Morgan fingerprint density at radius 1 is 0.865 bits per heavy atom. The molecular weight excluding hydrogens is 468 g/mol. The van der Waals surface area contributed by atoms with E-state index in [-0.39, 0.29) is 27.9 Å². The fourth-order valence-corrected chi connectivity index (χ4v) is 4.79. The van der Waals surface area contributed by atoms with Gasteiger partial charge in [0.2, 0.25) is 5.43 Å². The van der Waals surface area contributed by atoms with Crippen LogP contribution in [-0.4, -0.2) is 59.3 Å². The van der Waals surface area contributed by atoms with Gasteiger partial charge in [-0.1, -0.05) is 42.5 Å². The van der Waals surface area contributed by atoms with E-state index in [1.54, 1.807) is 12.1 Å². The summed E-state index contributed by atoms with van der Waals surface area (Å²) in [5.74, 6) is 0.277. The second-order valence-electron chi connectivity index (χ2n) is 9.50. The number of phenolic OH excluding ortho intramolecular Hbond substituents is 2. The molecule has 0 radical (unpaired) electrons. The number of fused-ring (bicyclic) bond motifs is 1. The maximum Gasteiger partial charge on any atom is 0.204 e. The summed E-state index contributed by atoms with van der Waals surface area (Å²) in [5, 5.41) is 19.7. The van der Waals surface area contributed by atoms with Gasteiger partial charge in [0.05, 0.1) is 12.2 Å². The van der Waals surface area contributed by atoms with Gasteiger partial charge in [-0.3, -0.25) is 9.69 Å². The van der Waals surface area contributed by atoms with Crippen LogP contribution < -0.4 is 10.2 Å². The van der Waals surface area contributed by atoms with Crippen LogP contribution in [0.3, 0.4) is 0 Å². The number of hydrogen-bond acceptors (Lipinski definition) is 7. The minimum Gasteiger partial charge on any atom is -0.508 e. The molecule has 1 aromatic heterocycles. The van der Waals surface area contributed by atoms with E-state index < -0.39 is 0 Å². The molecule has 0 unspecified atom stereocenters. The van der Waals surface area contributed by atoms with Crippen LogP contribution in [0.25, 0.3) is 22.1 Å². The number of phenols is 2. The van der Waals surface area contributed by atoms with Crippen molar-refractivity contribution in [3.63, 3.8) is 0 Å². The van der Waals surface area contributed by atoms with E-state index in [2.05, 4.69) is 40.1 Å². The van der Waals surface area contributed by atoms with Crippen molar-refractivity contribution in [2.75, 3.05) is 39.3 Å². The lowest BCUT2D eigenvalue weighted by molar-refractivity contribution is 0.124. The van der Waals surface area contributed by atoms with Crippen LogP contribution in [-0.2, 0) is 6.54 Å². The van der Waals surface area contributed by atoms with Gasteiger partial charge in [0.25, 0.3) is 0 Å². The molecule has 192 valence electrons. The second-order valence-corrected chi connectivity index (χ2v) is 9.50. The van der Waals surface area contributed by atoms with Crippen molar-refractivity contribution in [2.24, 2.45) is 0 Å². The Hall–Kier alpha value is -3.81. The Kier molecular flexibility index (Phi) is 7.73. The van der Waals surface area contributed by atoms with E-state index in [9.17, 15) is 15.0 Å². The second kappa shape index (κ2) is 11.5. The maximum atomic E-state index is 12.9. The fraction of sp³-hybridized carbons (Fsp3) is 0.300. The molecule has 2 N–H and O–H groups in total. The maximum absolute atomic E-state index is 12.9. The first-order chi connectivity index (χ1) is 18.1. The van der Waals surface area contributed by atoms with E-state index in [4.69, 9.17) is 9.15 Å². The third-order valence-corrected chi connectivity index (χ3v) is 6.86. The molecular formula is C30H32N2O5. The van der Waals surface area contributed by atoms with Gasteiger partial charge in [-0.05, 0) is 42.6 Å². The highest BCUT2D eigenvalue weighted by molar-refractivity contribution is 5.88. The van der Waals surface area contributed by atoms with Crippen molar-refractivity contribution >= 4 is 11.0 Å². The minimum atomic E-state index is -0.353. The number of hydrogen-bond donors (Lipinski definition) is 2. The normalized spacial score (nSPS) is 14.7. The summed E-state index contributed by atoms with van der Waals surface area (Å²) >= 11 is 0. The zero-order valence-electron chi connectivity index (χ0n) is 20.8. The van der Waals surface area contributed by atoms with E-state index in [0.717, 1.165) is 63.9 Å². The monoisotopic (exact) mass is 500 g/mol. The quantitative estimate of drug-likeness (QED) is 0.318. The van der Waals surface area contributed by atoms with Gasteiger partial charge >= 0.3 is 0 Å². The zero-order chi connectivity index (χ0) is 25.6. The summed E-state index contributed by atoms with van der Waals surface area (Å²) in [5.41, 5.74) is 2.17. The standard InChI is InChI=1S/C30H32N2O5/c33-24-18-27(34)29-28(19-24)37-21-26(30(29)35)23-8-10-25(11-9-23)36-17-5-4-12-31-13-15-32(16-14-31)20-22-6-2-1-3-7-22/h1-3,6-11,18-19,21,33-34H,4-5,12-17,20H2. The number of aromatic hydroxyl groups is 2. The van der Waals surface area contributed by atoms with Crippen molar-refractivity contribution < 1.29 is 19.4 Å². The van der Waals surface area contributed by atoms with Crippen molar-refractivity contribution in [3.05, 3.63) is 88.8 Å². The molecule has 0 saturated carbocycles. The van der Waals surface area contributed by atoms with Crippen molar-refractivity contribution in [3.8, 4) is 28.4 Å². The molecule has 7 heteroatoms. The Balaban J connectivity index is 1.06. The highest BCUT2D eigenvalue weighted by atomic mass is 16.5. The highest BCUT2D eigenvalue weighted by Crippen LogP contribution is 2.30. The van der Waals surface area contributed by atoms with Crippen LogP contribution in [0.5, 0.6) is 17.2 Å². The molecule has 1 fully saturated rings. The molecule has 0 spiro atoms. The molecule has 3 aromatic carbocycles. The molecule has 7 nitrogen and oxygen atoms in total. The smallest absolute Gasteiger partial charge is 0.204 e. The Labute approximate surface area is 216 Å². The molecule has 2 heterocycles. The third-order valence-electron chi connectivity index (χ3n) is 6.86. The molecule has 0 atom stereocenters. The third kappa shape index (κ3) is 6.13. The molecule has 37 heavy (non-hydrogen) atoms. The van der Waals surface area contributed by atoms with Crippen molar-refractivity contribution in [1.29, 1.82) is 0 Å². The zero-order valence-corrected chi connectivity index (χ0v) is 20.8. The fourth-order valence-electron chi connectivity index (χ4n) is 4.79. The average molecular weight is 501 g/mol. The SMILES string of the molecule is O=c1c(-c2ccc(OCCCCN3CCN(Cc4ccccc4)CC3)cc2)coc2cc(O)cc(O)c12. The van der Waals surface area contributed by atoms with Crippen LogP contribution in [0.4, 0.5) is 0 Å². The first-order valence-corrected chi connectivity index (χ1v) is 12.8. The largest absolute Gasteiger partial charge is 0.508 e. The number of nitrogens with zero attached hydrogens (tertiary/aromatic N) is 2. The van der Waals surface area contributed by atoms with Gasteiger partial charge in [0.15, 0.2) is 0 Å². The first-order valence-electron chi connectivity index (χ1n) is 12.8. The number of unbranched alkanes of at least 4 members (excludes halogenated alkanes) is 1. The van der Waals surface area contributed by atoms with Gasteiger partial charge in [0, 0.05) is 44.9 Å². The van der Waals surface area contributed by atoms with E-state index in [1.165, 1.54) is 17.9 Å². The average Bonchev–Trinajstić information content (AvgIpc) is 2.90. The van der Waals surface area contributed by atoms with Crippen LogP contribution in [0.15, 0.2) is 82.2 Å². The summed E-state index contributed by atoms with van der Waals surface area (Å²) in [6, 6.07) is 20.4. The van der Waals surface area contributed by atoms with Crippen molar-refractivity contribution in [1.82, 2.24) is 9.80 Å². The van der Waals surface area contributed by atoms with Gasteiger partial charge in [0.1, 0.15) is 34.5 Å². The number of piperazine rings is 1. The predicted octanol–water partition coefficient (Wildman–Crippen LogP) is 4.85. The highest BCUT2D eigenvalue weighted by Gasteiger charge is 2.17. The molecule has 5 rings (SSSR count). The molecule has 1 aliphatic rings. The van der Waals surface area contributed by atoms with Gasteiger partial charge in [-0.2, -0.15) is 0 Å². The lowest BCUT2D eigenvalue weighted by Crippen LogP contribution is -2.46. The lowest BCUT2D eigenvalue weighted by Gasteiger charge is -2.34. The van der Waals surface area contributed by atoms with Crippen LogP contribution in [0.1, 0.15) is 18.4 Å². The lowest BCUT2D eigenvalue weighted by atomic mass is 10.0. The van der Waals surface area contributed by atoms with E-state index in [1.807, 2.05) is 12.1 Å². The molecule has 0 bridgehead atoms. The van der Waals surface area contributed by atoms with Gasteiger partial charge < -0.3 is 24.3 Å². The Morgan fingerprint density at radius 2 is 1.59 bits per heavy atom. The predicted molar refractivity (Wildman–Crippen MR) is 144 cm³/mol. The molecule has 1 aliphatic heterocycles. The van der Waals surface area contributed by atoms with E-state index in [0.29, 0.717) is 17.7 Å². The summed E-state index contributed by atoms with van der Waals surface area (Å²) in [7, 11) is 0. The first kappa shape index (κ1) is 24.9. The van der Waals surface area contributed by atoms with E-state index >= 15 is 0 Å². The molecule has 0 amide bonds. The number of benzene rings is 3. The molecule has 4 aromatic rings. The Bertz CT molecular complexity index is 1380. The minimum absolute atomic E-state index is 0.0493. The summed E-state index contributed by atoms with van der Waals surface area (Å²) < 4.78 is 11.4. The van der Waals surface area contributed by atoms with Crippen LogP contribution in [0, 0.1) is 0 Å². The van der Waals surface area contributed by atoms with Crippen LogP contribution >= 0.6 is 0 Å². The number of ether oxygens (including phenoxy) is 1. The number of rotatable bonds is 9. The molecule has 0 aliphatic carbocycles. The Morgan fingerprint density at radius 3 is 2.35 bits per heavy atom. The molecule has 1 saturated heterocycles. The summed E-state index contributed by atoms with van der Waals surface area (Å²) in [6.45, 7) is 7.19. The summed E-state index contributed by atoms with van der Waals surface area (Å²) in [6.07, 6.45) is 3.42. The topological polar surface area (TPSA) is 86.4 Å².